The van der Waals surface area contributed by atoms with Gasteiger partial charge in [0, 0.05) is 30.3 Å². The molecule has 9 aliphatic rings. The maximum Gasteiger partial charge on any atom is 0.331 e. The number of rotatable bonds is 12. The van der Waals surface area contributed by atoms with Crippen LogP contribution in [-0.2, 0) is 52.5 Å². The van der Waals surface area contributed by atoms with Crippen LogP contribution in [0.3, 0.4) is 0 Å². The SMILES string of the molecule is CC(C)=CC1C[C@](C)(O)C2C3CCC4C(CC=C5C(C)(C)[C@@H](O[C@@H]6OC[C@@H](O)[C@H](OC7O[C@H](CO)[C@@H](O)[C@H](OC(=O)/C=C/c8ccc(O)cc8)[C@H]7O)[C@H]6O[C@@H]6O[C@@H](CO)[C@H](O)[C@H]6O)CC[C@@]54C)C34CC2(OO4)O1. The quantitative estimate of drug-likeness (QED) is 0.0624. The lowest BCUT2D eigenvalue weighted by molar-refractivity contribution is -0.486. The Kier molecular flexibility index (Phi) is 14.5. The van der Waals surface area contributed by atoms with E-state index in [1.54, 1.807) is 12.1 Å². The van der Waals surface area contributed by atoms with E-state index in [0.29, 0.717) is 37.7 Å². The third-order valence-electron chi connectivity index (χ3n) is 18.0. The van der Waals surface area contributed by atoms with Crippen molar-refractivity contribution in [1.82, 2.24) is 0 Å². The van der Waals surface area contributed by atoms with Crippen LogP contribution in [0.5, 0.6) is 5.75 Å². The van der Waals surface area contributed by atoms with E-state index in [2.05, 4.69) is 32.9 Å². The molecule has 1 aromatic rings. The molecule has 23 atom stereocenters. The van der Waals surface area contributed by atoms with Gasteiger partial charge in [-0.25, -0.2) is 9.68 Å². The fourth-order valence-electron chi connectivity index (χ4n) is 14.8. The van der Waals surface area contributed by atoms with Crippen LogP contribution < -0.4 is 0 Å². The van der Waals surface area contributed by atoms with Gasteiger partial charge < -0.3 is 83.9 Å². The highest BCUT2D eigenvalue weighted by molar-refractivity contribution is 5.87. The lowest BCUT2D eigenvalue weighted by atomic mass is 9.45. The van der Waals surface area contributed by atoms with Gasteiger partial charge in [0.2, 0.25) is 5.79 Å². The fourth-order valence-corrected chi connectivity index (χ4v) is 14.8. The normalized spacial score (nSPS) is 48.8. The van der Waals surface area contributed by atoms with Gasteiger partial charge in [0.1, 0.15) is 66.3 Å². The van der Waals surface area contributed by atoms with Gasteiger partial charge in [-0.15, -0.1) is 0 Å². The smallest absolute Gasteiger partial charge is 0.331 e. The van der Waals surface area contributed by atoms with Crippen LogP contribution in [0.4, 0.5) is 0 Å². The molecule has 4 aliphatic carbocycles. The maximum atomic E-state index is 13.1. The molecule has 2 bridgehead atoms. The van der Waals surface area contributed by atoms with E-state index in [4.69, 9.17) is 47.7 Å². The molecule has 0 amide bonds. The number of carbonyl (C=O) groups is 1. The second kappa shape index (κ2) is 19.8. The predicted molar refractivity (Wildman–Crippen MR) is 252 cm³/mol. The summed E-state index contributed by atoms with van der Waals surface area (Å²) in [6.45, 7) is 10.7. The molecule has 0 aromatic heterocycles. The average molecular weight is 1030 g/mol. The van der Waals surface area contributed by atoms with Crippen LogP contribution in [-0.4, -0.2) is 181 Å². The number of aliphatic hydroxyl groups is 8. The summed E-state index contributed by atoms with van der Waals surface area (Å²) in [6, 6.07) is 5.95. The molecule has 8 unspecified atom stereocenters. The maximum absolute atomic E-state index is 13.1. The van der Waals surface area contributed by atoms with E-state index in [1.807, 2.05) is 20.8 Å². The van der Waals surface area contributed by atoms with Crippen molar-refractivity contribution in [3.8, 4) is 5.75 Å². The number of carbonyl (C=O) groups excluding carboxylic acids is 1. The van der Waals surface area contributed by atoms with Crippen LogP contribution in [0.2, 0.25) is 0 Å². The molecule has 73 heavy (non-hydrogen) atoms. The number of hydrogen-bond donors (Lipinski definition) is 9. The van der Waals surface area contributed by atoms with E-state index in [9.17, 15) is 50.8 Å². The summed E-state index contributed by atoms with van der Waals surface area (Å²) in [4.78, 5) is 25.9. The van der Waals surface area contributed by atoms with Gasteiger partial charge in [-0.05, 0) is 93.9 Å². The first-order valence-electron chi connectivity index (χ1n) is 25.9. The molecule has 1 aromatic carbocycles. The monoisotopic (exact) mass is 1030 g/mol. The highest BCUT2D eigenvalue weighted by Crippen LogP contribution is 2.73. The van der Waals surface area contributed by atoms with E-state index >= 15 is 0 Å². The minimum atomic E-state index is -1.90. The summed E-state index contributed by atoms with van der Waals surface area (Å²) in [6.07, 6.45) is -9.77. The molecule has 5 heterocycles. The Morgan fingerprint density at radius 1 is 0.781 bits per heavy atom. The predicted octanol–water partition coefficient (Wildman–Crippen LogP) is 1.79. The molecule has 3 saturated carbocycles. The van der Waals surface area contributed by atoms with E-state index in [0.717, 1.165) is 24.5 Å². The second-order valence-electron chi connectivity index (χ2n) is 23.3. The first-order valence-corrected chi connectivity index (χ1v) is 25.9. The summed E-state index contributed by atoms with van der Waals surface area (Å²) < 4.78 is 49.7. The van der Waals surface area contributed by atoms with Crippen molar-refractivity contribution in [3.05, 3.63) is 59.2 Å². The summed E-state index contributed by atoms with van der Waals surface area (Å²) >= 11 is 0. The van der Waals surface area contributed by atoms with Crippen LogP contribution in [0.1, 0.15) is 92.1 Å². The zero-order valence-corrected chi connectivity index (χ0v) is 42.2. The van der Waals surface area contributed by atoms with Crippen molar-refractivity contribution in [1.29, 1.82) is 0 Å². The highest BCUT2D eigenvalue weighted by Gasteiger charge is 2.80. The molecule has 20 nitrogen and oxygen atoms in total. The lowest BCUT2D eigenvalue weighted by Crippen LogP contribution is -2.65. The molecule has 20 heteroatoms. The third kappa shape index (κ3) is 9.16. The minimum Gasteiger partial charge on any atom is -0.508 e. The number of benzene rings is 1. The molecular formula is C53H74O20. The van der Waals surface area contributed by atoms with Gasteiger partial charge in [0.25, 0.3) is 0 Å². The van der Waals surface area contributed by atoms with Crippen molar-refractivity contribution in [2.75, 3.05) is 19.8 Å². The standard InChI is InChI=1S/C53H74O20/c1-25(2)19-28-20-51(6,63)45-31-13-12-29-30(52(31)24-53(45,71-28)73-72-52)14-15-35-49(3,4)36(17-18-50(29,35)5)67-48-44(70-46-40(61)38(59)33(21-54)65-46)42(32(57)23-64-48)69-47-41(62)43(39(60)34(22-55)66-47)68-37(58)16-9-26-7-10-27(56)11-8-26/h7-11,15-16,19,28-34,36,38-48,54-57,59-63H,12-14,17-18,20-24H2,1-6H3/b16-9+/t28?,29?,30?,31?,32-,33+,34-,36+,38+,39-,40-,41-,42+,43+,44-,45?,46+,47?,48+,50-,51+,52?,53?/m1/s1. The van der Waals surface area contributed by atoms with Crippen molar-refractivity contribution in [3.63, 3.8) is 0 Å². The topological polar surface area (TPSA) is 291 Å². The zero-order chi connectivity index (χ0) is 52.2. The van der Waals surface area contributed by atoms with Crippen LogP contribution in [0, 0.1) is 34.5 Å². The van der Waals surface area contributed by atoms with Gasteiger partial charge in [-0.2, -0.15) is 4.89 Å². The minimum absolute atomic E-state index is 0.0223. The molecule has 8 fully saturated rings. The van der Waals surface area contributed by atoms with Crippen LogP contribution in [0.25, 0.3) is 6.08 Å². The largest absolute Gasteiger partial charge is 0.508 e. The Morgan fingerprint density at radius 3 is 2.14 bits per heavy atom. The fraction of sp³-hybridized carbons (Fsp3) is 0.755. The number of ether oxygens (including phenoxy) is 8. The Labute approximate surface area is 424 Å². The Bertz CT molecular complexity index is 2270. The zero-order valence-electron chi connectivity index (χ0n) is 42.2. The van der Waals surface area contributed by atoms with Crippen LogP contribution >= 0.6 is 0 Å². The molecule has 10 rings (SSSR count). The average Bonchev–Trinajstić information content (AvgIpc) is 3.95. The van der Waals surface area contributed by atoms with Gasteiger partial charge in [-0.1, -0.05) is 56.2 Å². The Balaban J connectivity index is 0.895. The summed E-state index contributed by atoms with van der Waals surface area (Å²) in [7, 11) is 0. The number of allylic oxidation sites excluding steroid dienone is 2. The first-order chi connectivity index (χ1) is 34.6. The summed E-state index contributed by atoms with van der Waals surface area (Å²) in [5.74, 6) is -1.92. The molecule has 2 spiro atoms. The molecular weight excluding hydrogens is 957 g/mol. The number of phenols is 1. The van der Waals surface area contributed by atoms with E-state index in [1.165, 1.54) is 23.8 Å². The molecule has 406 valence electrons. The molecule has 0 radical (unpaired) electrons. The van der Waals surface area contributed by atoms with Crippen molar-refractivity contribution in [2.45, 2.75) is 196 Å². The number of aromatic hydroxyl groups is 1. The molecule has 5 saturated heterocycles. The van der Waals surface area contributed by atoms with Crippen molar-refractivity contribution >= 4 is 12.0 Å². The highest BCUT2D eigenvalue weighted by atomic mass is 17.3. The van der Waals surface area contributed by atoms with Crippen molar-refractivity contribution in [2.24, 2.45) is 34.5 Å². The molecule has 9 N–H and O–H groups in total. The van der Waals surface area contributed by atoms with Gasteiger partial charge >= 0.3 is 5.97 Å². The number of esters is 1. The third-order valence-corrected chi connectivity index (χ3v) is 18.0. The lowest BCUT2D eigenvalue weighted by Gasteiger charge is -2.62. The number of fused-ring (bicyclic) bond motifs is 4. The second-order valence-corrected chi connectivity index (χ2v) is 23.3. The molecule has 5 aliphatic heterocycles. The number of aliphatic hydroxyl groups excluding tert-OH is 7. The number of phenolic OH excluding ortho intramolecular Hbond substituents is 1. The summed E-state index contributed by atoms with van der Waals surface area (Å²) in [5, 5.41) is 98.1. The van der Waals surface area contributed by atoms with E-state index in [-0.39, 0.29) is 47.5 Å². The van der Waals surface area contributed by atoms with Gasteiger partial charge in [0.05, 0.1) is 43.5 Å². The first kappa shape index (κ1) is 53.4. The Morgan fingerprint density at radius 2 is 1.45 bits per heavy atom. The van der Waals surface area contributed by atoms with Gasteiger partial charge in [-0.3, -0.25) is 0 Å². The van der Waals surface area contributed by atoms with Crippen molar-refractivity contribution < 1.29 is 98.4 Å². The van der Waals surface area contributed by atoms with Gasteiger partial charge in [0.15, 0.2) is 25.0 Å². The van der Waals surface area contributed by atoms with Crippen LogP contribution in [0.15, 0.2) is 53.6 Å². The summed E-state index contributed by atoms with van der Waals surface area (Å²) in [5.41, 5.74) is 0.249. The number of hydrogen-bond acceptors (Lipinski definition) is 20. The van der Waals surface area contributed by atoms with E-state index < -0.39 is 128 Å². The Hall–Kier alpha value is -2.97.